The van der Waals surface area contributed by atoms with Gasteiger partial charge in [-0.15, -0.1) is 0 Å². The Morgan fingerprint density at radius 3 is 2.04 bits per heavy atom. The van der Waals surface area contributed by atoms with Crippen molar-refractivity contribution >= 4 is 18.1 Å². The molecule has 1 atom stereocenters. The third-order valence-corrected chi connectivity index (χ3v) is 3.04. The van der Waals surface area contributed by atoms with Gasteiger partial charge >= 0.3 is 18.1 Å². The maximum atomic E-state index is 11.5. The fourth-order valence-electron chi connectivity index (χ4n) is 1.81. The molecule has 0 heterocycles. The van der Waals surface area contributed by atoms with E-state index in [1.165, 1.54) is 7.11 Å². The number of amides is 3. The van der Waals surface area contributed by atoms with Gasteiger partial charge in [0, 0.05) is 19.6 Å². The predicted molar refractivity (Wildman–Crippen MR) is 94.1 cm³/mol. The third kappa shape index (κ3) is 14.1. The molecular formula is C16H32N4O5. The van der Waals surface area contributed by atoms with E-state index in [1.807, 2.05) is 20.8 Å². The highest BCUT2D eigenvalue weighted by Gasteiger charge is 2.15. The van der Waals surface area contributed by atoms with Crippen LogP contribution in [0.4, 0.5) is 9.59 Å². The number of hydrogen-bond acceptors (Lipinski definition) is 6. The molecule has 0 aromatic rings. The summed E-state index contributed by atoms with van der Waals surface area (Å²) in [7, 11) is 1.24. The summed E-state index contributed by atoms with van der Waals surface area (Å²) in [6, 6.07) is -1.24. The van der Waals surface area contributed by atoms with Gasteiger partial charge < -0.3 is 31.2 Å². The van der Waals surface area contributed by atoms with Crippen LogP contribution in [0.5, 0.6) is 0 Å². The van der Waals surface area contributed by atoms with Crippen molar-refractivity contribution in [2.24, 2.45) is 5.73 Å². The smallest absolute Gasteiger partial charge is 0.407 e. The van der Waals surface area contributed by atoms with Crippen LogP contribution in [0.1, 0.15) is 46.5 Å². The van der Waals surface area contributed by atoms with Gasteiger partial charge in [0.1, 0.15) is 11.6 Å². The largest absolute Gasteiger partial charge is 0.468 e. The molecule has 0 aliphatic heterocycles. The number of alkyl carbamates (subject to hydrolysis) is 1. The van der Waals surface area contributed by atoms with Gasteiger partial charge in [-0.3, -0.25) is 4.79 Å². The first-order valence-corrected chi connectivity index (χ1v) is 8.47. The second-order valence-electron chi connectivity index (χ2n) is 6.61. The molecule has 3 amide bonds. The first kappa shape index (κ1) is 23.0. The Balaban J connectivity index is 3.50. The molecule has 0 radical (unpaired) electrons. The monoisotopic (exact) mass is 360 g/mol. The van der Waals surface area contributed by atoms with Gasteiger partial charge in [0.05, 0.1) is 7.11 Å². The zero-order chi connectivity index (χ0) is 19.3. The van der Waals surface area contributed by atoms with Crippen molar-refractivity contribution < 1.29 is 23.9 Å². The quantitative estimate of drug-likeness (QED) is 0.338. The molecule has 0 fully saturated rings. The van der Waals surface area contributed by atoms with E-state index in [-0.39, 0.29) is 12.6 Å². The van der Waals surface area contributed by atoms with Crippen molar-refractivity contribution in [1.29, 1.82) is 0 Å². The normalized spacial score (nSPS) is 12.0. The number of unbranched alkanes of at least 4 members (excludes halogenated alkanes) is 3. The summed E-state index contributed by atoms with van der Waals surface area (Å²) in [6.07, 6.45) is 3.13. The van der Waals surface area contributed by atoms with E-state index >= 15 is 0 Å². The molecule has 0 spiro atoms. The van der Waals surface area contributed by atoms with Crippen molar-refractivity contribution in [3.05, 3.63) is 0 Å². The van der Waals surface area contributed by atoms with Gasteiger partial charge in [-0.2, -0.15) is 0 Å². The lowest BCUT2D eigenvalue weighted by molar-refractivity contribution is -0.141. The Kier molecular flexibility index (Phi) is 11.3. The van der Waals surface area contributed by atoms with Crippen molar-refractivity contribution in [2.45, 2.75) is 58.1 Å². The first-order valence-electron chi connectivity index (χ1n) is 8.47. The molecule has 0 bridgehead atoms. The van der Waals surface area contributed by atoms with Crippen molar-refractivity contribution in [3.63, 3.8) is 0 Å². The first-order chi connectivity index (χ1) is 11.7. The van der Waals surface area contributed by atoms with Crippen LogP contribution in [-0.2, 0) is 14.3 Å². The molecule has 25 heavy (non-hydrogen) atoms. The highest BCUT2D eigenvalue weighted by molar-refractivity contribution is 5.78. The SMILES string of the molecule is COC(=O)[C@@H](N)CNC(=O)NCCCCCCNC(=O)OC(C)(C)C. The summed E-state index contributed by atoms with van der Waals surface area (Å²) < 4.78 is 9.59. The molecular weight excluding hydrogens is 328 g/mol. The number of methoxy groups -OCH3 is 1. The molecule has 0 aliphatic rings. The van der Waals surface area contributed by atoms with E-state index in [1.54, 1.807) is 0 Å². The number of nitrogens with one attached hydrogen (secondary N) is 3. The molecule has 0 saturated carbocycles. The average molecular weight is 360 g/mol. The number of ether oxygens (including phenoxy) is 2. The second kappa shape index (κ2) is 12.3. The molecule has 146 valence electrons. The van der Waals surface area contributed by atoms with Crippen molar-refractivity contribution in [3.8, 4) is 0 Å². The molecule has 9 heteroatoms. The third-order valence-electron chi connectivity index (χ3n) is 3.04. The number of urea groups is 1. The molecule has 0 aliphatic carbocycles. The van der Waals surface area contributed by atoms with E-state index in [9.17, 15) is 14.4 Å². The van der Waals surface area contributed by atoms with Gasteiger partial charge in [-0.1, -0.05) is 12.8 Å². The van der Waals surface area contributed by atoms with E-state index in [2.05, 4.69) is 20.7 Å². The Morgan fingerprint density at radius 2 is 1.52 bits per heavy atom. The summed E-state index contributed by atoms with van der Waals surface area (Å²) in [6.45, 7) is 6.57. The number of carbonyl (C=O) groups excluding carboxylic acids is 3. The number of hydrogen-bond donors (Lipinski definition) is 4. The number of esters is 1. The van der Waals surface area contributed by atoms with Gasteiger partial charge in [0.2, 0.25) is 0 Å². The predicted octanol–water partition coefficient (Wildman–Crippen LogP) is 0.871. The minimum absolute atomic E-state index is 0.0227. The van der Waals surface area contributed by atoms with Crippen LogP contribution < -0.4 is 21.7 Å². The van der Waals surface area contributed by atoms with Gasteiger partial charge in [-0.25, -0.2) is 9.59 Å². The minimum atomic E-state index is -0.867. The Bertz CT molecular complexity index is 423. The molecule has 9 nitrogen and oxygen atoms in total. The lowest BCUT2D eigenvalue weighted by Crippen LogP contribution is -2.46. The highest BCUT2D eigenvalue weighted by Crippen LogP contribution is 2.06. The number of carbonyl (C=O) groups is 3. The number of rotatable bonds is 10. The molecule has 0 aromatic carbocycles. The van der Waals surface area contributed by atoms with Crippen LogP contribution in [0, 0.1) is 0 Å². The van der Waals surface area contributed by atoms with Crippen molar-refractivity contribution in [1.82, 2.24) is 16.0 Å². The second-order valence-corrected chi connectivity index (χ2v) is 6.61. The van der Waals surface area contributed by atoms with E-state index in [0.29, 0.717) is 13.1 Å². The Hall–Kier alpha value is -2.03. The zero-order valence-electron chi connectivity index (χ0n) is 15.6. The maximum Gasteiger partial charge on any atom is 0.407 e. The maximum absolute atomic E-state index is 11.5. The summed E-state index contributed by atoms with van der Waals surface area (Å²) in [5.41, 5.74) is 5.01. The summed E-state index contributed by atoms with van der Waals surface area (Å²) in [5, 5.41) is 7.88. The highest BCUT2D eigenvalue weighted by atomic mass is 16.6. The number of nitrogens with two attached hydrogens (primary N) is 1. The average Bonchev–Trinajstić information content (AvgIpc) is 2.52. The standard InChI is InChI=1S/C16H32N4O5/c1-16(2,3)25-15(23)19-10-8-6-5-7-9-18-14(22)20-11-12(17)13(21)24-4/h12H,5-11,17H2,1-4H3,(H,19,23)(H2,18,20,22)/t12-/m0/s1. The summed E-state index contributed by atoms with van der Waals surface area (Å²) >= 11 is 0. The van der Waals surface area contributed by atoms with Crippen LogP contribution in [0.3, 0.4) is 0 Å². The van der Waals surface area contributed by atoms with Gasteiger partial charge in [0.15, 0.2) is 0 Å². The summed E-state index contributed by atoms with van der Waals surface area (Å²) in [4.78, 5) is 34.0. The van der Waals surface area contributed by atoms with Gasteiger partial charge in [0.25, 0.3) is 0 Å². The minimum Gasteiger partial charge on any atom is -0.468 e. The van der Waals surface area contributed by atoms with E-state index < -0.39 is 23.7 Å². The fraction of sp³-hybridized carbons (Fsp3) is 0.812. The molecule has 5 N–H and O–H groups in total. The molecule has 0 aromatic heterocycles. The lowest BCUT2D eigenvalue weighted by atomic mass is 10.2. The Morgan fingerprint density at radius 1 is 0.960 bits per heavy atom. The summed E-state index contributed by atoms with van der Waals surface area (Å²) in [5.74, 6) is -0.569. The van der Waals surface area contributed by atoms with Crippen LogP contribution >= 0.6 is 0 Å². The fourth-order valence-corrected chi connectivity index (χ4v) is 1.81. The Labute approximate surface area is 149 Å². The lowest BCUT2D eigenvalue weighted by Gasteiger charge is -2.19. The van der Waals surface area contributed by atoms with Crippen molar-refractivity contribution in [2.75, 3.05) is 26.7 Å². The van der Waals surface area contributed by atoms with E-state index in [0.717, 1.165) is 25.7 Å². The zero-order valence-corrected chi connectivity index (χ0v) is 15.6. The van der Waals surface area contributed by atoms with Crippen LogP contribution in [0.25, 0.3) is 0 Å². The topological polar surface area (TPSA) is 132 Å². The molecule has 0 unspecified atom stereocenters. The van der Waals surface area contributed by atoms with Crippen LogP contribution in [-0.4, -0.2) is 56.5 Å². The van der Waals surface area contributed by atoms with E-state index in [4.69, 9.17) is 10.5 Å². The van der Waals surface area contributed by atoms with Crippen LogP contribution in [0.15, 0.2) is 0 Å². The molecule has 0 saturated heterocycles. The molecule has 0 rings (SSSR count). The van der Waals surface area contributed by atoms with Crippen LogP contribution in [0.2, 0.25) is 0 Å². The van der Waals surface area contributed by atoms with Gasteiger partial charge in [-0.05, 0) is 33.6 Å².